The molecule has 2 aromatic heterocycles. The Morgan fingerprint density at radius 3 is 2.94 bits per heavy atom. The van der Waals surface area contributed by atoms with Crippen molar-refractivity contribution in [3.63, 3.8) is 0 Å². The third-order valence-corrected chi connectivity index (χ3v) is 3.14. The van der Waals surface area contributed by atoms with Crippen molar-refractivity contribution in [3.8, 4) is 11.4 Å². The Morgan fingerprint density at radius 1 is 1.47 bits per heavy atom. The quantitative estimate of drug-likeness (QED) is 0.817. The summed E-state index contributed by atoms with van der Waals surface area (Å²) in [6, 6.07) is 1.89. The second-order valence-electron chi connectivity index (χ2n) is 3.69. The molecule has 0 aromatic carbocycles. The molecule has 2 heterocycles. The number of aromatic nitrogens is 3. The number of hydrogen-bond acceptors (Lipinski definition) is 5. The van der Waals surface area contributed by atoms with Gasteiger partial charge in [-0.15, -0.1) is 21.5 Å². The van der Waals surface area contributed by atoms with Gasteiger partial charge in [0.1, 0.15) is 17.9 Å². The van der Waals surface area contributed by atoms with Gasteiger partial charge in [0.15, 0.2) is 5.82 Å². The normalized spacial score (nSPS) is 10.4. The van der Waals surface area contributed by atoms with Crippen molar-refractivity contribution in [2.24, 2.45) is 0 Å². The smallest absolute Gasteiger partial charge is 0.162 e. The van der Waals surface area contributed by atoms with Crippen LogP contribution in [0.1, 0.15) is 18.2 Å². The minimum Gasteiger partial charge on any atom is -0.328 e. The molecule has 2 rings (SSSR count). The lowest BCUT2D eigenvalue weighted by Gasteiger charge is -1.99. The molecule has 0 aliphatic heterocycles. The Bertz CT molecular complexity index is 531. The van der Waals surface area contributed by atoms with E-state index in [9.17, 15) is 9.59 Å². The zero-order valence-electron chi connectivity index (χ0n) is 9.27. The lowest BCUT2D eigenvalue weighted by Crippen LogP contribution is -2.07. The molecule has 0 aliphatic carbocycles. The van der Waals surface area contributed by atoms with Crippen LogP contribution in [-0.2, 0) is 16.0 Å². The number of carbonyl (C=O) groups is 2. The van der Waals surface area contributed by atoms with Gasteiger partial charge in [-0.25, -0.2) is 0 Å². The van der Waals surface area contributed by atoms with Crippen LogP contribution >= 0.6 is 11.3 Å². The van der Waals surface area contributed by atoms with E-state index in [0.29, 0.717) is 5.82 Å². The van der Waals surface area contributed by atoms with E-state index in [-0.39, 0.29) is 24.4 Å². The second kappa shape index (κ2) is 5.01. The largest absolute Gasteiger partial charge is 0.328 e. The molecule has 0 amide bonds. The topological polar surface area (TPSA) is 75.7 Å². The summed E-state index contributed by atoms with van der Waals surface area (Å²) >= 11 is 1.48. The van der Waals surface area contributed by atoms with Crippen molar-refractivity contribution in [1.29, 1.82) is 0 Å². The van der Waals surface area contributed by atoms with E-state index in [4.69, 9.17) is 0 Å². The van der Waals surface area contributed by atoms with Crippen molar-refractivity contribution in [2.45, 2.75) is 19.8 Å². The van der Waals surface area contributed by atoms with Crippen LogP contribution < -0.4 is 0 Å². The van der Waals surface area contributed by atoms with Crippen LogP contribution in [0.5, 0.6) is 0 Å². The van der Waals surface area contributed by atoms with Crippen LogP contribution in [0, 0.1) is 0 Å². The second-order valence-corrected chi connectivity index (χ2v) is 4.69. The standard InChI is InChI=1S/C11H11N3O2S/c1-7(15)4-8(16)5-10-9(2-3-17-10)11-12-6-13-14-11/h2-3,6H,4-5H2,1H3,(H,12,13,14). The van der Waals surface area contributed by atoms with Crippen molar-refractivity contribution >= 4 is 22.9 Å². The highest BCUT2D eigenvalue weighted by Gasteiger charge is 2.14. The van der Waals surface area contributed by atoms with Gasteiger partial charge in [0, 0.05) is 16.9 Å². The third kappa shape index (κ3) is 2.85. The van der Waals surface area contributed by atoms with Crippen molar-refractivity contribution in [3.05, 3.63) is 22.7 Å². The predicted octanol–water partition coefficient (Wildman–Crippen LogP) is 1.62. The Balaban J connectivity index is 2.15. The molecule has 0 saturated carbocycles. The van der Waals surface area contributed by atoms with Gasteiger partial charge in [-0.05, 0) is 18.4 Å². The summed E-state index contributed by atoms with van der Waals surface area (Å²) < 4.78 is 0. The molecule has 17 heavy (non-hydrogen) atoms. The van der Waals surface area contributed by atoms with Crippen LogP contribution in [0.3, 0.4) is 0 Å². The zero-order valence-corrected chi connectivity index (χ0v) is 10.1. The number of H-pyrrole nitrogens is 1. The molecule has 0 unspecified atom stereocenters. The molecule has 2 aromatic rings. The van der Waals surface area contributed by atoms with Crippen molar-refractivity contribution in [2.75, 3.05) is 0 Å². The van der Waals surface area contributed by atoms with Crippen LogP contribution in [0.2, 0.25) is 0 Å². The fourth-order valence-electron chi connectivity index (χ4n) is 1.54. The monoisotopic (exact) mass is 249 g/mol. The van der Waals surface area contributed by atoms with E-state index in [1.807, 2.05) is 11.4 Å². The van der Waals surface area contributed by atoms with Gasteiger partial charge in [-0.3, -0.25) is 9.59 Å². The number of nitrogens with zero attached hydrogens (tertiary/aromatic N) is 2. The fourth-order valence-corrected chi connectivity index (χ4v) is 2.45. The Labute approximate surface area is 102 Å². The molecule has 0 bridgehead atoms. The number of ketones is 2. The van der Waals surface area contributed by atoms with E-state index in [1.165, 1.54) is 24.6 Å². The number of rotatable bonds is 5. The summed E-state index contributed by atoms with van der Waals surface area (Å²) in [4.78, 5) is 26.2. The summed E-state index contributed by atoms with van der Waals surface area (Å²) in [5, 5.41) is 9.51. The van der Waals surface area contributed by atoms with E-state index in [1.54, 1.807) is 0 Å². The lowest BCUT2D eigenvalue weighted by molar-refractivity contribution is -0.125. The van der Waals surface area contributed by atoms with Crippen LogP contribution in [0.25, 0.3) is 11.4 Å². The van der Waals surface area contributed by atoms with E-state index in [0.717, 1.165) is 10.4 Å². The molecule has 0 spiro atoms. The highest BCUT2D eigenvalue weighted by atomic mass is 32.1. The summed E-state index contributed by atoms with van der Waals surface area (Å²) in [7, 11) is 0. The molecule has 0 aliphatic rings. The zero-order chi connectivity index (χ0) is 12.3. The maximum Gasteiger partial charge on any atom is 0.162 e. The maximum atomic E-state index is 11.6. The fraction of sp³-hybridized carbons (Fsp3) is 0.273. The SMILES string of the molecule is CC(=O)CC(=O)Cc1sccc1-c1nnc[nH]1. The minimum absolute atomic E-state index is 0.00621. The first-order valence-corrected chi connectivity index (χ1v) is 5.98. The average Bonchev–Trinajstić information content (AvgIpc) is 2.84. The van der Waals surface area contributed by atoms with E-state index in [2.05, 4.69) is 15.2 Å². The van der Waals surface area contributed by atoms with Gasteiger partial charge in [0.25, 0.3) is 0 Å². The van der Waals surface area contributed by atoms with Gasteiger partial charge >= 0.3 is 0 Å². The Morgan fingerprint density at radius 2 is 2.29 bits per heavy atom. The molecular weight excluding hydrogens is 238 g/mol. The maximum absolute atomic E-state index is 11.6. The lowest BCUT2D eigenvalue weighted by atomic mass is 10.1. The highest BCUT2D eigenvalue weighted by Crippen LogP contribution is 2.26. The molecule has 88 valence electrons. The van der Waals surface area contributed by atoms with E-state index < -0.39 is 0 Å². The summed E-state index contributed by atoms with van der Waals surface area (Å²) in [6.45, 7) is 1.42. The number of thiophene rings is 1. The van der Waals surface area contributed by atoms with Gasteiger partial charge in [0.2, 0.25) is 0 Å². The predicted molar refractivity (Wildman–Crippen MR) is 63.7 cm³/mol. The molecule has 1 N–H and O–H groups in total. The first-order chi connectivity index (χ1) is 8.16. The van der Waals surface area contributed by atoms with Gasteiger partial charge in [-0.1, -0.05) is 0 Å². The molecule has 0 fully saturated rings. The Hall–Kier alpha value is -1.82. The first-order valence-electron chi connectivity index (χ1n) is 5.10. The molecule has 5 nitrogen and oxygen atoms in total. The minimum atomic E-state index is -0.104. The number of nitrogens with one attached hydrogen (secondary N) is 1. The van der Waals surface area contributed by atoms with Crippen LogP contribution in [0.4, 0.5) is 0 Å². The summed E-state index contributed by atoms with van der Waals surface area (Å²) in [5.41, 5.74) is 0.879. The number of Topliss-reactive ketones (excluding diaryl/α,β-unsaturated/α-hetero) is 2. The highest BCUT2D eigenvalue weighted by molar-refractivity contribution is 7.10. The van der Waals surface area contributed by atoms with Crippen LogP contribution in [0.15, 0.2) is 17.8 Å². The summed E-state index contributed by atoms with van der Waals surface area (Å²) in [6.07, 6.45) is 1.76. The molecule has 0 radical (unpaired) electrons. The van der Waals surface area contributed by atoms with Gasteiger partial charge in [-0.2, -0.15) is 0 Å². The van der Waals surface area contributed by atoms with E-state index >= 15 is 0 Å². The molecule has 0 atom stereocenters. The van der Waals surface area contributed by atoms with Crippen molar-refractivity contribution < 1.29 is 9.59 Å². The molecule has 0 saturated heterocycles. The number of aromatic amines is 1. The molecular formula is C11H11N3O2S. The van der Waals surface area contributed by atoms with Gasteiger partial charge in [0.05, 0.1) is 6.42 Å². The molecule has 6 heteroatoms. The number of carbonyl (C=O) groups excluding carboxylic acids is 2. The Kier molecular flexibility index (Phi) is 3.43. The first kappa shape index (κ1) is 11.7. The number of hydrogen-bond donors (Lipinski definition) is 1. The third-order valence-electron chi connectivity index (χ3n) is 2.22. The summed E-state index contributed by atoms with van der Waals surface area (Å²) in [5.74, 6) is 0.477. The van der Waals surface area contributed by atoms with Crippen molar-refractivity contribution in [1.82, 2.24) is 15.2 Å². The average molecular weight is 249 g/mol. The van der Waals surface area contributed by atoms with Gasteiger partial charge < -0.3 is 4.98 Å². The van der Waals surface area contributed by atoms with Crippen LogP contribution in [-0.4, -0.2) is 26.7 Å².